The smallest absolute Gasteiger partial charge is 0.354 e. The molecule has 0 spiro atoms. The van der Waals surface area contributed by atoms with E-state index in [4.69, 9.17) is 14.6 Å². The van der Waals surface area contributed by atoms with E-state index in [0.717, 1.165) is 6.04 Å². The fourth-order valence-corrected chi connectivity index (χ4v) is 3.20. The molecular weight excluding hydrogens is 146 g/mol. The molecule has 2 N–H and O–H groups in total. The molecule has 0 heterocycles. The molecule has 4 heteroatoms. The minimum atomic E-state index is -2.02. The predicted molar refractivity (Wildman–Crippen MR) is 43.9 cm³/mol. The number of rotatable bonds is 4. The maximum absolute atomic E-state index is 5.71. The van der Waals surface area contributed by atoms with Crippen molar-refractivity contribution in [2.75, 3.05) is 14.2 Å². The van der Waals surface area contributed by atoms with Crippen LogP contribution in [-0.4, -0.2) is 28.4 Å². The Morgan fingerprint density at radius 3 is 1.80 bits per heavy atom. The van der Waals surface area contributed by atoms with E-state index in [9.17, 15) is 0 Å². The molecule has 0 aliphatic carbocycles. The Hall–Kier alpha value is 0.0969. The molecule has 1 atom stereocenters. The van der Waals surface area contributed by atoms with Crippen LogP contribution in [0.2, 0.25) is 6.04 Å². The van der Waals surface area contributed by atoms with Crippen molar-refractivity contribution in [3.63, 3.8) is 0 Å². The normalized spacial score (nSPS) is 15.3. The number of hydrogen-bond acceptors (Lipinski definition) is 3. The third-order valence-corrected chi connectivity index (χ3v) is 5.63. The van der Waals surface area contributed by atoms with E-state index in [1.165, 1.54) is 0 Å². The van der Waals surface area contributed by atoms with Crippen molar-refractivity contribution in [2.45, 2.75) is 25.6 Å². The average Bonchev–Trinajstić information content (AvgIpc) is 1.92. The van der Waals surface area contributed by atoms with Crippen molar-refractivity contribution >= 4 is 8.56 Å². The van der Waals surface area contributed by atoms with E-state index in [1.807, 2.05) is 13.8 Å². The van der Waals surface area contributed by atoms with E-state index in [0.29, 0.717) is 0 Å². The molecule has 3 nitrogen and oxygen atoms in total. The lowest BCUT2D eigenvalue weighted by molar-refractivity contribution is 0.233. The summed E-state index contributed by atoms with van der Waals surface area (Å²) in [5.41, 5.74) is 5.75. The molecule has 0 bridgehead atoms. The maximum Gasteiger partial charge on any atom is 0.354 e. The second kappa shape index (κ2) is 4.08. The summed E-state index contributed by atoms with van der Waals surface area (Å²) in [6.45, 7) is 3.98. The van der Waals surface area contributed by atoms with Crippen LogP contribution in [0.5, 0.6) is 0 Å². The van der Waals surface area contributed by atoms with E-state index in [-0.39, 0.29) is 5.67 Å². The zero-order valence-electron chi connectivity index (χ0n) is 7.18. The summed E-state index contributed by atoms with van der Waals surface area (Å²) in [5.74, 6) is 0. The lowest BCUT2D eigenvalue weighted by atomic mass is 10.8. The van der Waals surface area contributed by atoms with Crippen LogP contribution >= 0.6 is 0 Å². The molecule has 0 aromatic carbocycles. The van der Waals surface area contributed by atoms with Crippen LogP contribution in [0, 0.1) is 0 Å². The fraction of sp³-hybridized carbons (Fsp3) is 1.00. The predicted octanol–water partition coefficient (Wildman–Crippen LogP) is 0.628. The Bertz CT molecular complexity index is 85.5. The number of hydrogen-bond donors (Lipinski definition) is 1. The van der Waals surface area contributed by atoms with Gasteiger partial charge in [0, 0.05) is 19.9 Å². The topological polar surface area (TPSA) is 44.5 Å². The number of nitrogens with two attached hydrogens (primary N) is 1. The van der Waals surface area contributed by atoms with Gasteiger partial charge in [-0.15, -0.1) is 0 Å². The van der Waals surface area contributed by atoms with Crippen LogP contribution in [0.15, 0.2) is 0 Å². The Balaban J connectivity index is 4.15. The lowest BCUT2D eigenvalue weighted by Gasteiger charge is -2.29. The van der Waals surface area contributed by atoms with Crippen molar-refractivity contribution < 1.29 is 8.85 Å². The van der Waals surface area contributed by atoms with Crippen LogP contribution < -0.4 is 5.73 Å². The van der Waals surface area contributed by atoms with Crippen LogP contribution in [0.25, 0.3) is 0 Å². The summed E-state index contributed by atoms with van der Waals surface area (Å²) in [7, 11) is 1.32. The molecule has 0 saturated carbocycles. The first kappa shape index (κ1) is 10.1. The highest BCUT2D eigenvalue weighted by molar-refractivity contribution is 6.68. The van der Waals surface area contributed by atoms with Crippen LogP contribution in [-0.2, 0) is 8.85 Å². The Labute approximate surface area is 63.8 Å². The summed E-state index contributed by atoms with van der Waals surface area (Å²) in [4.78, 5) is 0. The van der Waals surface area contributed by atoms with Gasteiger partial charge >= 0.3 is 8.56 Å². The quantitative estimate of drug-likeness (QED) is 0.618. The molecule has 10 heavy (non-hydrogen) atoms. The molecule has 0 aliphatic rings. The molecule has 0 aliphatic heterocycles. The Kier molecular flexibility index (Phi) is 4.11. The van der Waals surface area contributed by atoms with Gasteiger partial charge in [0.25, 0.3) is 0 Å². The Morgan fingerprint density at radius 1 is 1.40 bits per heavy atom. The summed E-state index contributed by atoms with van der Waals surface area (Å²) in [6.07, 6.45) is 0. The third-order valence-electron chi connectivity index (χ3n) is 1.88. The largest absolute Gasteiger partial charge is 0.397 e. The zero-order valence-corrected chi connectivity index (χ0v) is 8.18. The molecule has 0 radical (unpaired) electrons. The van der Waals surface area contributed by atoms with Gasteiger partial charge in [0.2, 0.25) is 0 Å². The second-order valence-electron chi connectivity index (χ2n) is 2.36. The minimum Gasteiger partial charge on any atom is -0.397 e. The Morgan fingerprint density at radius 2 is 1.80 bits per heavy atom. The van der Waals surface area contributed by atoms with Crippen molar-refractivity contribution in [2.24, 2.45) is 5.73 Å². The van der Waals surface area contributed by atoms with Crippen LogP contribution in [0.3, 0.4) is 0 Å². The highest BCUT2D eigenvalue weighted by atomic mass is 28.4. The standard InChI is InChI=1S/C6H17NO2Si/c1-5-10(8-3,9-4)6(2)7/h6H,5,7H2,1-4H3. The molecule has 0 saturated heterocycles. The van der Waals surface area contributed by atoms with Gasteiger partial charge in [-0.2, -0.15) is 0 Å². The first-order valence-corrected chi connectivity index (χ1v) is 5.59. The molecule has 1 unspecified atom stereocenters. The third kappa shape index (κ3) is 1.79. The van der Waals surface area contributed by atoms with Crippen molar-refractivity contribution in [1.29, 1.82) is 0 Å². The maximum atomic E-state index is 5.71. The second-order valence-corrected chi connectivity index (χ2v) is 6.42. The molecule has 62 valence electrons. The minimum absolute atomic E-state index is 0.0347. The van der Waals surface area contributed by atoms with Gasteiger partial charge in [-0.3, -0.25) is 0 Å². The van der Waals surface area contributed by atoms with Gasteiger partial charge in [0.1, 0.15) is 0 Å². The summed E-state index contributed by atoms with van der Waals surface area (Å²) < 4.78 is 10.6. The van der Waals surface area contributed by atoms with Gasteiger partial charge in [-0.1, -0.05) is 6.92 Å². The van der Waals surface area contributed by atoms with Crippen molar-refractivity contribution in [3.05, 3.63) is 0 Å². The molecule has 0 aromatic rings. The molecule has 0 aromatic heterocycles. The summed E-state index contributed by atoms with van der Waals surface area (Å²) in [6, 6.07) is 0.900. The molecular formula is C6H17NO2Si. The van der Waals surface area contributed by atoms with Crippen LogP contribution in [0.4, 0.5) is 0 Å². The van der Waals surface area contributed by atoms with Gasteiger partial charge in [-0.25, -0.2) is 0 Å². The molecule has 0 rings (SSSR count). The highest BCUT2D eigenvalue weighted by Crippen LogP contribution is 2.13. The summed E-state index contributed by atoms with van der Waals surface area (Å²) >= 11 is 0. The van der Waals surface area contributed by atoms with E-state index in [2.05, 4.69) is 0 Å². The van der Waals surface area contributed by atoms with Gasteiger partial charge in [0.05, 0.1) is 0 Å². The SMILES string of the molecule is CC[Si](OC)(OC)C(C)N. The van der Waals surface area contributed by atoms with E-state index < -0.39 is 8.56 Å². The van der Waals surface area contributed by atoms with Crippen molar-refractivity contribution in [1.82, 2.24) is 0 Å². The molecule has 0 amide bonds. The van der Waals surface area contributed by atoms with Crippen molar-refractivity contribution in [3.8, 4) is 0 Å². The monoisotopic (exact) mass is 163 g/mol. The van der Waals surface area contributed by atoms with E-state index >= 15 is 0 Å². The first-order chi connectivity index (χ1) is 4.63. The first-order valence-electron chi connectivity index (χ1n) is 3.48. The summed E-state index contributed by atoms with van der Waals surface area (Å²) in [5, 5.41) is 0. The fourth-order valence-electron chi connectivity index (χ4n) is 1.07. The van der Waals surface area contributed by atoms with Gasteiger partial charge in [0.15, 0.2) is 0 Å². The van der Waals surface area contributed by atoms with Gasteiger partial charge < -0.3 is 14.6 Å². The lowest BCUT2D eigenvalue weighted by Crippen LogP contribution is -2.54. The highest BCUT2D eigenvalue weighted by Gasteiger charge is 2.37. The van der Waals surface area contributed by atoms with Crippen LogP contribution in [0.1, 0.15) is 13.8 Å². The van der Waals surface area contributed by atoms with E-state index in [1.54, 1.807) is 14.2 Å². The average molecular weight is 163 g/mol. The zero-order chi connectivity index (χ0) is 8.20. The van der Waals surface area contributed by atoms with Gasteiger partial charge in [-0.05, 0) is 13.0 Å². The molecule has 0 fully saturated rings.